The Hall–Kier alpha value is -0.610. The monoisotopic (exact) mass is 298 g/mol. The summed E-state index contributed by atoms with van der Waals surface area (Å²) in [5.74, 6) is 1.41. The van der Waals surface area contributed by atoms with Crippen molar-refractivity contribution in [2.45, 2.75) is 84.5 Å². The van der Waals surface area contributed by atoms with Gasteiger partial charge in [0.2, 0.25) is 5.91 Å². The highest BCUT2D eigenvalue weighted by atomic mass is 16.5. The number of nitrogens with two attached hydrogens (primary N) is 1. The molecule has 3 N–H and O–H groups in total. The van der Waals surface area contributed by atoms with Crippen molar-refractivity contribution in [1.82, 2.24) is 5.32 Å². The van der Waals surface area contributed by atoms with E-state index in [1.54, 1.807) is 0 Å². The fourth-order valence-electron chi connectivity index (χ4n) is 3.10. The summed E-state index contributed by atoms with van der Waals surface area (Å²) in [4.78, 5) is 12.2. The number of hydrogen-bond acceptors (Lipinski definition) is 3. The lowest BCUT2D eigenvalue weighted by Gasteiger charge is -2.42. The van der Waals surface area contributed by atoms with Crippen molar-refractivity contribution in [2.24, 2.45) is 17.6 Å². The summed E-state index contributed by atoms with van der Waals surface area (Å²) in [5.41, 5.74) is 5.42. The summed E-state index contributed by atoms with van der Waals surface area (Å²) in [6.07, 6.45) is 3.74. The van der Waals surface area contributed by atoms with E-state index in [0.29, 0.717) is 12.5 Å². The number of nitrogens with one attached hydrogen (secondary N) is 1. The van der Waals surface area contributed by atoms with Gasteiger partial charge in [0.1, 0.15) is 6.10 Å². The minimum Gasteiger partial charge on any atom is -0.361 e. The van der Waals surface area contributed by atoms with Crippen molar-refractivity contribution < 1.29 is 9.53 Å². The summed E-state index contributed by atoms with van der Waals surface area (Å²) in [6, 6.07) is 0. The fraction of sp³-hybridized carbons (Fsp3) is 0.941. The first-order valence-electron chi connectivity index (χ1n) is 8.28. The summed E-state index contributed by atoms with van der Waals surface area (Å²) in [7, 11) is 0. The van der Waals surface area contributed by atoms with Gasteiger partial charge in [0.05, 0.1) is 5.60 Å². The van der Waals surface area contributed by atoms with Crippen LogP contribution in [0.15, 0.2) is 0 Å². The second-order valence-corrected chi connectivity index (χ2v) is 7.97. The van der Waals surface area contributed by atoms with Gasteiger partial charge >= 0.3 is 0 Å². The number of hydrogen-bond donors (Lipinski definition) is 2. The highest BCUT2D eigenvalue weighted by molar-refractivity contribution is 5.81. The second-order valence-electron chi connectivity index (χ2n) is 7.97. The normalized spacial score (nSPS) is 28.5. The van der Waals surface area contributed by atoms with Gasteiger partial charge in [-0.2, -0.15) is 0 Å². The molecule has 4 nitrogen and oxygen atoms in total. The van der Waals surface area contributed by atoms with E-state index < -0.39 is 6.10 Å². The molecule has 1 fully saturated rings. The summed E-state index contributed by atoms with van der Waals surface area (Å²) >= 11 is 0. The number of amides is 1. The van der Waals surface area contributed by atoms with Gasteiger partial charge in [0.25, 0.3) is 0 Å². The van der Waals surface area contributed by atoms with Gasteiger partial charge in [-0.1, -0.05) is 13.8 Å². The highest BCUT2D eigenvalue weighted by Gasteiger charge is 2.38. The number of ether oxygens (including phenoxy) is 1. The van der Waals surface area contributed by atoms with E-state index in [9.17, 15) is 4.79 Å². The topological polar surface area (TPSA) is 64.3 Å². The van der Waals surface area contributed by atoms with Crippen LogP contribution in [-0.2, 0) is 9.53 Å². The van der Waals surface area contributed by atoms with Gasteiger partial charge < -0.3 is 15.8 Å². The first-order chi connectivity index (χ1) is 9.58. The summed E-state index contributed by atoms with van der Waals surface area (Å²) in [6.45, 7) is 12.8. The zero-order valence-electron chi connectivity index (χ0n) is 14.7. The first-order valence-corrected chi connectivity index (χ1v) is 8.28. The Bertz CT molecular complexity index is 339. The Labute approximate surface area is 130 Å². The molecule has 21 heavy (non-hydrogen) atoms. The molecule has 1 saturated carbocycles. The minimum absolute atomic E-state index is 0.0543. The van der Waals surface area contributed by atoms with E-state index in [-0.39, 0.29) is 17.0 Å². The Balaban J connectivity index is 2.60. The molecule has 1 aliphatic rings. The van der Waals surface area contributed by atoms with Crippen LogP contribution < -0.4 is 11.1 Å². The van der Waals surface area contributed by atoms with E-state index >= 15 is 0 Å². The molecular formula is C17H34N2O2. The second kappa shape index (κ2) is 7.10. The molecule has 4 heteroatoms. The predicted molar refractivity (Wildman–Crippen MR) is 87.0 cm³/mol. The Kier molecular flexibility index (Phi) is 6.23. The van der Waals surface area contributed by atoms with Crippen LogP contribution in [0, 0.1) is 11.8 Å². The molecule has 0 aromatic heterocycles. The van der Waals surface area contributed by atoms with Crippen molar-refractivity contribution in [3.63, 3.8) is 0 Å². The van der Waals surface area contributed by atoms with Crippen LogP contribution in [0.5, 0.6) is 0 Å². The number of carbonyl (C=O) groups is 1. The summed E-state index contributed by atoms with van der Waals surface area (Å²) in [5, 5.41) is 2.97. The molecular weight excluding hydrogens is 264 g/mol. The average Bonchev–Trinajstić information content (AvgIpc) is 2.37. The maximum Gasteiger partial charge on any atom is 0.249 e. The molecule has 0 heterocycles. The van der Waals surface area contributed by atoms with Gasteiger partial charge in [0, 0.05) is 12.1 Å². The van der Waals surface area contributed by atoms with Gasteiger partial charge in [-0.25, -0.2) is 0 Å². The van der Waals surface area contributed by atoms with Crippen LogP contribution >= 0.6 is 0 Å². The van der Waals surface area contributed by atoms with Crippen LogP contribution in [-0.4, -0.2) is 29.7 Å². The molecule has 0 spiro atoms. The van der Waals surface area contributed by atoms with Crippen molar-refractivity contribution in [2.75, 3.05) is 6.54 Å². The molecule has 0 saturated heterocycles. The molecule has 0 aliphatic heterocycles. The van der Waals surface area contributed by atoms with Crippen LogP contribution in [0.25, 0.3) is 0 Å². The minimum atomic E-state index is -0.455. The van der Waals surface area contributed by atoms with Gasteiger partial charge in [-0.3, -0.25) is 4.79 Å². The Morgan fingerprint density at radius 3 is 2.19 bits per heavy atom. The predicted octanol–water partition coefficient (Wildman–Crippen LogP) is 2.85. The Morgan fingerprint density at radius 1 is 1.29 bits per heavy atom. The molecule has 0 radical (unpaired) electrons. The lowest BCUT2D eigenvalue weighted by atomic mass is 9.74. The van der Waals surface area contributed by atoms with E-state index in [4.69, 9.17) is 10.5 Å². The van der Waals surface area contributed by atoms with Crippen molar-refractivity contribution in [3.8, 4) is 0 Å². The summed E-state index contributed by atoms with van der Waals surface area (Å²) < 4.78 is 6.13. The van der Waals surface area contributed by atoms with Gasteiger partial charge in [-0.15, -0.1) is 0 Å². The SMILES string of the molecule is CC(OC1(CN)CCC(C(C)C)CC1)C(=O)NC(C)(C)C. The number of rotatable bonds is 5. The van der Waals surface area contributed by atoms with E-state index in [2.05, 4.69) is 19.2 Å². The lowest BCUT2D eigenvalue weighted by molar-refractivity contribution is -0.152. The third kappa shape index (κ3) is 5.59. The highest BCUT2D eigenvalue weighted by Crippen LogP contribution is 2.38. The van der Waals surface area contributed by atoms with E-state index in [0.717, 1.165) is 31.6 Å². The van der Waals surface area contributed by atoms with Crippen LogP contribution in [0.1, 0.15) is 67.2 Å². The quantitative estimate of drug-likeness (QED) is 0.820. The largest absolute Gasteiger partial charge is 0.361 e. The standard InChI is InChI=1S/C17H34N2O2/c1-12(2)14-7-9-17(11-18,10-8-14)21-13(3)15(20)19-16(4,5)6/h12-14H,7-11,18H2,1-6H3,(H,19,20). The van der Waals surface area contributed by atoms with E-state index in [1.165, 1.54) is 0 Å². The Morgan fingerprint density at radius 2 is 1.81 bits per heavy atom. The van der Waals surface area contributed by atoms with Crippen LogP contribution in [0.3, 0.4) is 0 Å². The number of carbonyl (C=O) groups excluding carboxylic acids is 1. The third-order valence-corrected chi connectivity index (χ3v) is 4.55. The molecule has 124 valence electrons. The molecule has 1 atom stereocenters. The molecule has 1 rings (SSSR count). The molecule has 0 bridgehead atoms. The zero-order chi connectivity index (χ0) is 16.3. The third-order valence-electron chi connectivity index (χ3n) is 4.55. The maximum atomic E-state index is 12.2. The van der Waals surface area contributed by atoms with Gasteiger partial charge in [0.15, 0.2) is 0 Å². The average molecular weight is 298 g/mol. The van der Waals surface area contributed by atoms with Gasteiger partial charge in [-0.05, 0) is 65.2 Å². The van der Waals surface area contributed by atoms with Crippen molar-refractivity contribution in [1.29, 1.82) is 0 Å². The molecule has 1 amide bonds. The first kappa shape index (κ1) is 18.4. The maximum absolute atomic E-state index is 12.2. The van der Waals surface area contributed by atoms with Crippen LogP contribution in [0.4, 0.5) is 0 Å². The van der Waals surface area contributed by atoms with E-state index in [1.807, 2.05) is 27.7 Å². The molecule has 1 aliphatic carbocycles. The molecule has 0 aromatic carbocycles. The lowest BCUT2D eigenvalue weighted by Crippen LogP contribution is -2.52. The van der Waals surface area contributed by atoms with Crippen molar-refractivity contribution >= 4 is 5.91 Å². The smallest absolute Gasteiger partial charge is 0.249 e. The fourth-order valence-corrected chi connectivity index (χ4v) is 3.10. The zero-order valence-corrected chi connectivity index (χ0v) is 14.7. The van der Waals surface area contributed by atoms with Crippen molar-refractivity contribution in [3.05, 3.63) is 0 Å². The molecule has 0 aromatic rings. The van der Waals surface area contributed by atoms with Crippen LogP contribution in [0.2, 0.25) is 0 Å². The molecule has 1 unspecified atom stereocenters.